The van der Waals surface area contributed by atoms with Gasteiger partial charge in [0.25, 0.3) is 0 Å². The topological polar surface area (TPSA) is 112 Å². The highest BCUT2D eigenvalue weighted by Gasteiger charge is 2.61. The van der Waals surface area contributed by atoms with Gasteiger partial charge in [-0.2, -0.15) is 0 Å². The Bertz CT molecular complexity index is 867. The molecule has 2 saturated carbocycles. The van der Waals surface area contributed by atoms with E-state index in [-0.39, 0.29) is 23.0 Å². The van der Waals surface area contributed by atoms with Gasteiger partial charge in [-0.1, -0.05) is 38.0 Å². The molecule has 0 amide bonds. The van der Waals surface area contributed by atoms with Gasteiger partial charge in [-0.15, -0.1) is 0 Å². The molecule has 0 aromatic rings. The molecule has 2 fully saturated rings. The second-order valence-corrected chi connectivity index (χ2v) is 10.5. The van der Waals surface area contributed by atoms with Gasteiger partial charge in [-0.25, -0.2) is 0 Å². The summed E-state index contributed by atoms with van der Waals surface area (Å²) in [6.07, 6.45) is 7.77. The summed E-state index contributed by atoms with van der Waals surface area (Å²) >= 11 is 0. The van der Waals surface area contributed by atoms with Crippen LogP contribution in [-0.2, 0) is 14.4 Å². The van der Waals surface area contributed by atoms with Gasteiger partial charge in [-0.3, -0.25) is 14.4 Å². The Morgan fingerprint density at radius 2 is 1.93 bits per heavy atom. The number of carbonyl (C=O) groups is 3. The summed E-state index contributed by atoms with van der Waals surface area (Å²) in [6, 6.07) is 0. The van der Waals surface area contributed by atoms with Crippen LogP contribution in [0.15, 0.2) is 23.3 Å². The van der Waals surface area contributed by atoms with Gasteiger partial charge in [0.1, 0.15) is 6.42 Å². The molecule has 0 aromatic heterocycles. The van der Waals surface area contributed by atoms with Crippen LogP contribution >= 0.6 is 0 Å². The minimum atomic E-state index is -2.84. The summed E-state index contributed by atoms with van der Waals surface area (Å²) in [5, 5.41) is 29.5. The monoisotopic (exact) mass is 416 g/mol. The van der Waals surface area contributed by atoms with Crippen LogP contribution in [0.25, 0.3) is 0 Å². The molecule has 0 aromatic carbocycles. The van der Waals surface area contributed by atoms with E-state index in [2.05, 4.69) is 19.9 Å². The van der Waals surface area contributed by atoms with Gasteiger partial charge in [0.2, 0.25) is 5.79 Å². The van der Waals surface area contributed by atoms with Crippen LogP contribution in [-0.4, -0.2) is 38.6 Å². The number of hydrogen-bond donors (Lipinski definition) is 3. The molecule has 4 rings (SSSR count). The number of Topliss-reactive ketones (excluding diaryl/α,β-unsaturated/α-hetero) is 1. The largest absolute Gasteiger partial charge is 0.481 e. The van der Waals surface area contributed by atoms with Crippen molar-refractivity contribution in [2.75, 3.05) is 0 Å². The number of hydrogen-bond acceptors (Lipinski definition) is 5. The summed E-state index contributed by atoms with van der Waals surface area (Å²) in [6.45, 7) is 6.27. The molecule has 30 heavy (non-hydrogen) atoms. The van der Waals surface area contributed by atoms with Gasteiger partial charge in [0, 0.05) is 17.8 Å². The van der Waals surface area contributed by atoms with Crippen LogP contribution in [0.1, 0.15) is 65.7 Å². The van der Waals surface area contributed by atoms with Crippen molar-refractivity contribution >= 4 is 17.5 Å². The van der Waals surface area contributed by atoms with Gasteiger partial charge in [-0.05, 0) is 61.3 Å². The van der Waals surface area contributed by atoms with Crippen molar-refractivity contribution < 1.29 is 29.7 Å². The summed E-state index contributed by atoms with van der Waals surface area (Å²) in [4.78, 5) is 36.1. The number of carbonyl (C=O) groups excluding carboxylic acids is 2. The molecule has 4 aliphatic rings. The third-order valence-corrected chi connectivity index (χ3v) is 8.75. The molecule has 3 N–H and O–H groups in total. The number of carboxylic acid groups (broad SMARTS) is 1. The van der Waals surface area contributed by atoms with Crippen LogP contribution in [0.4, 0.5) is 0 Å². The molecule has 1 unspecified atom stereocenters. The first kappa shape index (κ1) is 21.4. The molecule has 0 heterocycles. The second-order valence-electron chi connectivity index (χ2n) is 10.5. The zero-order valence-electron chi connectivity index (χ0n) is 18.0. The summed E-state index contributed by atoms with van der Waals surface area (Å²) < 4.78 is 0. The van der Waals surface area contributed by atoms with E-state index in [0.29, 0.717) is 18.8 Å². The molecule has 0 bridgehead atoms. The zero-order chi connectivity index (χ0) is 22.1. The van der Waals surface area contributed by atoms with E-state index in [0.717, 1.165) is 25.7 Å². The lowest BCUT2D eigenvalue weighted by atomic mass is 9.51. The van der Waals surface area contributed by atoms with Crippen LogP contribution in [0.2, 0.25) is 0 Å². The number of ketones is 2. The van der Waals surface area contributed by atoms with E-state index in [1.165, 1.54) is 11.1 Å². The normalized spacial score (nSPS) is 40.6. The molecule has 0 spiro atoms. The highest BCUT2D eigenvalue weighted by molar-refractivity contribution is 5.92. The van der Waals surface area contributed by atoms with Gasteiger partial charge >= 0.3 is 5.97 Å². The van der Waals surface area contributed by atoms with E-state index < -0.39 is 35.3 Å². The van der Waals surface area contributed by atoms with Gasteiger partial charge in [0.05, 0.1) is 0 Å². The Labute approximate surface area is 177 Å². The van der Waals surface area contributed by atoms with Crippen LogP contribution < -0.4 is 0 Å². The maximum atomic E-state index is 13.1. The number of allylic oxidation sites excluding steroid dienone is 4. The van der Waals surface area contributed by atoms with Gasteiger partial charge in [0.15, 0.2) is 11.6 Å². The van der Waals surface area contributed by atoms with Crippen LogP contribution in [0, 0.1) is 34.5 Å². The lowest BCUT2D eigenvalue weighted by molar-refractivity contribution is -0.198. The lowest BCUT2D eigenvalue weighted by Gasteiger charge is -2.53. The molecule has 6 atom stereocenters. The van der Waals surface area contributed by atoms with Crippen molar-refractivity contribution in [2.24, 2.45) is 34.5 Å². The minimum Gasteiger partial charge on any atom is -0.481 e. The third-order valence-electron chi connectivity index (χ3n) is 8.75. The van der Waals surface area contributed by atoms with E-state index in [1.54, 1.807) is 0 Å². The Morgan fingerprint density at radius 1 is 1.23 bits per heavy atom. The molecular formula is C24H32O6. The van der Waals surface area contributed by atoms with Crippen LogP contribution in [0.3, 0.4) is 0 Å². The fraction of sp³-hybridized carbons (Fsp3) is 0.708. The molecule has 6 heteroatoms. The molecule has 164 valence electrons. The number of aliphatic carboxylic acids is 1. The standard InChI is InChI=1S/C24H32O6/c1-13-10-18-16-5-4-14-11-15(25)6-8-22(14,2)17(16)7-9-23(18,3)20(13)21(28)24(29,30)12-19(26)27/h7,11,13,16,18,20,29-30H,4-6,8-10,12H2,1-3H3,(H,26,27)/t13?,16-,18+,20-,22+,23+/m1/s1. The van der Waals surface area contributed by atoms with Crippen molar-refractivity contribution in [1.82, 2.24) is 0 Å². The minimum absolute atomic E-state index is 0.0506. The Kier molecular flexibility index (Phi) is 4.90. The first-order valence-electron chi connectivity index (χ1n) is 11.1. The van der Waals surface area contributed by atoms with E-state index in [4.69, 9.17) is 5.11 Å². The first-order valence-corrected chi connectivity index (χ1v) is 11.1. The summed E-state index contributed by atoms with van der Waals surface area (Å²) in [7, 11) is 0. The highest BCUT2D eigenvalue weighted by Crippen LogP contribution is 2.66. The third kappa shape index (κ3) is 3.02. The van der Waals surface area contributed by atoms with Crippen LogP contribution in [0.5, 0.6) is 0 Å². The number of aliphatic hydroxyl groups is 2. The van der Waals surface area contributed by atoms with E-state index in [9.17, 15) is 24.6 Å². The Morgan fingerprint density at radius 3 is 2.60 bits per heavy atom. The molecule has 0 aliphatic heterocycles. The predicted molar refractivity (Wildman–Crippen MR) is 109 cm³/mol. The SMILES string of the molecule is CC1C[C@H]2[C@@H]3CCC4=CC(=O)CC[C@]4(C)C3=CC[C@]2(C)[C@H]1C(=O)C(O)(O)CC(=O)O. The summed E-state index contributed by atoms with van der Waals surface area (Å²) in [5.74, 6) is -4.89. The van der Waals surface area contributed by atoms with Crippen molar-refractivity contribution in [3.05, 3.63) is 23.3 Å². The first-order chi connectivity index (χ1) is 13.9. The zero-order valence-corrected chi connectivity index (χ0v) is 18.0. The number of fused-ring (bicyclic) bond motifs is 5. The fourth-order valence-electron chi connectivity index (χ4n) is 7.33. The fourth-order valence-corrected chi connectivity index (χ4v) is 7.33. The van der Waals surface area contributed by atoms with Gasteiger partial charge < -0.3 is 15.3 Å². The maximum Gasteiger partial charge on any atom is 0.309 e. The average Bonchev–Trinajstić information content (AvgIpc) is 2.90. The van der Waals surface area contributed by atoms with Crippen molar-refractivity contribution in [3.63, 3.8) is 0 Å². The number of rotatable bonds is 4. The quantitative estimate of drug-likeness (QED) is 0.480. The van der Waals surface area contributed by atoms with Crippen molar-refractivity contribution in [3.8, 4) is 0 Å². The molecule has 4 aliphatic carbocycles. The predicted octanol–water partition coefficient (Wildman–Crippen LogP) is 3.03. The summed E-state index contributed by atoms with van der Waals surface area (Å²) in [5.41, 5.74) is 2.10. The highest BCUT2D eigenvalue weighted by atomic mass is 16.5. The lowest BCUT2D eigenvalue weighted by Crippen LogP contribution is -2.51. The van der Waals surface area contributed by atoms with E-state index in [1.807, 2.05) is 13.0 Å². The van der Waals surface area contributed by atoms with E-state index >= 15 is 0 Å². The molecular weight excluding hydrogens is 384 g/mol. The van der Waals surface area contributed by atoms with Crippen molar-refractivity contribution in [1.29, 1.82) is 0 Å². The molecule has 6 nitrogen and oxygen atoms in total. The molecule has 0 saturated heterocycles. The number of carboxylic acids is 1. The van der Waals surface area contributed by atoms with Crippen molar-refractivity contribution in [2.45, 2.75) is 71.5 Å². The molecule has 0 radical (unpaired) electrons. The average molecular weight is 417 g/mol. The maximum absolute atomic E-state index is 13.1. The second kappa shape index (κ2) is 6.86. The smallest absolute Gasteiger partial charge is 0.309 e. The Hall–Kier alpha value is -1.79. The Balaban J connectivity index is 1.69.